The number of carbonyl (C=O) groups excluding carboxylic acids is 2. The van der Waals surface area contributed by atoms with E-state index in [9.17, 15) is 9.59 Å². The van der Waals surface area contributed by atoms with Gasteiger partial charge in [-0.1, -0.05) is 0 Å². The van der Waals surface area contributed by atoms with Gasteiger partial charge in [0.25, 0.3) is 0 Å². The number of rotatable bonds is 4. The molecule has 14 heavy (non-hydrogen) atoms. The molecule has 0 spiro atoms. The molecule has 0 saturated carbocycles. The topological polar surface area (TPSA) is 90.7 Å². The molecule has 6 nitrogen and oxygen atoms in total. The van der Waals surface area contributed by atoms with Crippen LogP contribution in [0.4, 0.5) is 4.79 Å². The average molecular weight is 202 g/mol. The number of amides is 1. The molecule has 1 heterocycles. The molecular weight excluding hydrogens is 188 g/mol. The lowest BCUT2D eigenvalue weighted by Gasteiger charge is -2.29. The van der Waals surface area contributed by atoms with Gasteiger partial charge in [-0.15, -0.1) is 0 Å². The Morgan fingerprint density at radius 3 is 3.07 bits per heavy atom. The zero-order valence-electron chi connectivity index (χ0n) is 7.77. The quantitative estimate of drug-likeness (QED) is 0.572. The van der Waals surface area contributed by atoms with Crippen molar-refractivity contribution in [3.8, 4) is 0 Å². The minimum absolute atomic E-state index is 0.129. The summed E-state index contributed by atoms with van der Waals surface area (Å²) in [6.07, 6.45) is -0.581. The summed E-state index contributed by atoms with van der Waals surface area (Å²) in [7, 11) is 0. The van der Waals surface area contributed by atoms with E-state index in [4.69, 9.17) is 15.2 Å². The molecular formula is C8H14N2O4. The molecule has 0 radical (unpaired) electrons. The van der Waals surface area contributed by atoms with Gasteiger partial charge in [0.1, 0.15) is 12.4 Å². The van der Waals surface area contributed by atoms with E-state index in [1.807, 2.05) is 0 Å². The zero-order valence-corrected chi connectivity index (χ0v) is 7.77. The second-order valence-corrected chi connectivity index (χ2v) is 3.01. The molecule has 1 aliphatic rings. The fourth-order valence-corrected chi connectivity index (χ4v) is 1.36. The Hall–Kier alpha value is -1.14. The molecule has 2 unspecified atom stereocenters. The summed E-state index contributed by atoms with van der Waals surface area (Å²) in [5.74, 6) is 0. The average Bonchev–Trinajstić information content (AvgIpc) is 2.18. The van der Waals surface area contributed by atoms with Crippen molar-refractivity contribution < 1.29 is 19.1 Å². The molecule has 3 N–H and O–H groups in total. The maximum atomic E-state index is 10.5. The van der Waals surface area contributed by atoms with Crippen molar-refractivity contribution in [3.63, 3.8) is 0 Å². The van der Waals surface area contributed by atoms with Crippen LogP contribution in [0.1, 0.15) is 6.42 Å². The Morgan fingerprint density at radius 1 is 1.79 bits per heavy atom. The van der Waals surface area contributed by atoms with Crippen LogP contribution in [0.25, 0.3) is 0 Å². The van der Waals surface area contributed by atoms with Gasteiger partial charge in [0.15, 0.2) is 0 Å². The van der Waals surface area contributed by atoms with Crippen LogP contribution in [0.5, 0.6) is 0 Å². The van der Waals surface area contributed by atoms with Gasteiger partial charge in [-0.2, -0.15) is 0 Å². The summed E-state index contributed by atoms with van der Waals surface area (Å²) in [4.78, 5) is 20.9. The largest absolute Gasteiger partial charge is 0.444 e. The van der Waals surface area contributed by atoms with Gasteiger partial charge in [-0.25, -0.2) is 4.79 Å². The summed E-state index contributed by atoms with van der Waals surface area (Å²) in [5, 5.41) is 3.09. The molecule has 0 aliphatic carbocycles. The highest BCUT2D eigenvalue weighted by atomic mass is 16.6. The molecule has 0 bridgehead atoms. The van der Waals surface area contributed by atoms with E-state index >= 15 is 0 Å². The SMILES string of the molecule is NC(=O)OC(CC=O)C1COCCN1. The second kappa shape index (κ2) is 5.56. The van der Waals surface area contributed by atoms with Crippen molar-refractivity contribution in [2.45, 2.75) is 18.6 Å². The minimum atomic E-state index is -0.871. The lowest BCUT2D eigenvalue weighted by Crippen LogP contribution is -2.50. The number of nitrogens with one attached hydrogen (secondary N) is 1. The highest BCUT2D eigenvalue weighted by Crippen LogP contribution is 2.06. The first-order valence-corrected chi connectivity index (χ1v) is 4.45. The maximum Gasteiger partial charge on any atom is 0.404 e. The molecule has 1 saturated heterocycles. The molecule has 0 aromatic rings. The number of aldehydes is 1. The fourth-order valence-electron chi connectivity index (χ4n) is 1.36. The van der Waals surface area contributed by atoms with Gasteiger partial charge >= 0.3 is 6.09 Å². The number of nitrogens with two attached hydrogens (primary N) is 1. The Bertz CT molecular complexity index is 204. The molecule has 0 aromatic heterocycles. The number of morpholine rings is 1. The van der Waals surface area contributed by atoms with Crippen LogP contribution in [0, 0.1) is 0 Å². The molecule has 80 valence electrons. The van der Waals surface area contributed by atoms with E-state index in [1.54, 1.807) is 0 Å². The Morgan fingerprint density at radius 2 is 2.57 bits per heavy atom. The Balaban J connectivity index is 2.46. The van der Waals surface area contributed by atoms with E-state index in [2.05, 4.69) is 5.32 Å². The third-order valence-corrected chi connectivity index (χ3v) is 2.00. The van der Waals surface area contributed by atoms with Crippen LogP contribution in [0.3, 0.4) is 0 Å². The number of hydrogen-bond donors (Lipinski definition) is 2. The monoisotopic (exact) mass is 202 g/mol. The molecule has 1 amide bonds. The lowest BCUT2D eigenvalue weighted by atomic mass is 10.1. The zero-order chi connectivity index (χ0) is 10.4. The maximum absolute atomic E-state index is 10.5. The van der Waals surface area contributed by atoms with Gasteiger partial charge in [0, 0.05) is 13.0 Å². The lowest BCUT2D eigenvalue weighted by molar-refractivity contribution is -0.110. The van der Waals surface area contributed by atoms with Gasteiger partial charge in [0.2, 0.25) is 0 Å². The molecule has 1 aliphatic heterocycles. The Labute approximate surface area is 81.7 Å². The van der Waals surface area contributed by atoms with Crippen LogP contribution in [0.15, 0.2) is 0 Å². The van der Waals surface area contributed by atoms with Crippen LogP contribution >= 0.6 is 0 Å². The first kappa shape index (κ1) is 10.9. The predicted octanol–water partition coefficient (Wildman–Crippen LogP) is -0.972. The summed E-state index contributed by atoms with van der Waals surface area (Å²) in [5.41, 5.74) is 4.88. The Kier molecular flexibility index (Phi) is 4.34. The van der Waals surface area contributed by atoms with Gasteiger partial charge in [0.05, 0.1) is 19.3 Å². The van der Waals surface area contributed by atoms with Crippen LogP contribution in [0.2, 0.25) is 0 Å². The number of carbonyl (C=O) groups is 2. The summed E-state index contributed by atoms with van der Waals surface area (Å²) >= 11 is 0. The van der Waals surface area contributed by atoms with E-state index in [0.717, 1.165) is 0 Å². The standard InChI is InChI=1S/C8H14N2O4/c9-8(12)14-7(1-3-11)6-5-13-4-2-10-6/h3,6-7,10H,1-2,4-5H2,(H2,9,12). The van der Waals surface area contributed by atoms with Crippen molar-refractivity contribution in [1.29, 1.82) is 0 Å². The molecule has 6 heteroatoms. The fraction of sp³-hybridized carbons (Fsp3) is 0.750. The number of ether oxygens (including phenoxy) is 2. The predicted molar refractivity (Wildman–Crippen MR) is 47.7 cm³/mol. The normalized spacial score (nSPS) is 23.9. The summed E-state index contributed by atoms with van der Waals surface area (Å²) in [6.45, 7) is 1.73. The van der Waals surface area contributed by atoms with Gasteiger partial charge < -0.3 is 25.3 Å². The summed E-state index contributed by atoms with van der Waals surface area (Å²) in [6, 6.07) is -0.151. The van der Waals surface area contributed by atoms with Crippen molar-refractivity contribution >= 4 is 12.4 Å². The van der Waals surface area contributed by atoms with Crippen molar-refractivity contribution in [2.24, 2.45) is 5.73 Å². The minimum Gasteiger partial charge on any atom is -0.444 e. The first-order valence-electron chi connectivity index (χ1n) is 4.45. The highest BCUT2D eigenvalue weighted by molar-refractivity contribution is 5.65. The van der Waals surface area contributed by atoms with Gasteiger partial charge in [-0.3, -0.25) is 0 Å². The summed E-state index contributed by atoms with van der Waals surface area (Å²) < 4.78 is 9.98. The van der Waals surface area contributed by atoms with E-state index in [-0.39, 0.29) is 12.5 Å². The van der Waals surface area contributed by atoms with E-state index in [1.165, 1.54) is 0 Å². The third-order valence-electron chi connectivity index (χ3n) is 2.00. The molecule has 1 fully saturated rings. The van der Waals surface area contributed by atoms with Crippen LogP contribution < -0.4 is 11.1 Å². The van der Waals surface area contributed by atoms with Crippen molar-refractivity contribution in [2.75, 3.05) is 19.8 Å². The van der Waals surface area contributed by atoms with Crippen LogP contribution in [-0.2, 0) is 14.3 Å². The highest BCUT2D eigenvalue weighted by Gasteiger charge is 2.26. The van der Waals surface area contributed by atoms with Crippen LogP contribution in [-0.4, -0.2) is 44.3 Å². The smallest absolute Gasteiger partial charge is 0.404 e. The van der Waals surface area contributed by atoms with E-state index < -0.39 is 12.2 Å². The molecule has 1 rings (SSSR count). The molecule has 0 aromatic carbocycles. The third kappa shape index (κ3) is 3.31. The second-order valence-electron chi connectivity index (χ2n) is 3.01. The van der Waals surface area contributed by atoms with Crippen molar-refractivity contribution in [3.05, 3.63) is 0 Å². The first-order chi connectivity index (χ1) is 6.74. The molecule has 2 atom stereocenters. The van der Waals surface area contributed by atoms with Crippen molar-refractivity contribution in [1.82, 2.24) is 5.32 Å². The number of primary amides is 1. The number of hydrogen-bond acceptors (Lipinski definition) is 5. The van der Waals surface area contributed by atoms with Gasteiger partial charge in [-0.05, 0) is 0 Å². The van der Waals surface area contributed by atoms with E-state index in [0.29, 0.717) is 26.0 Å².